The standard InChI is InChI=1S/C16H27N9O5.C15H21N3OS.C2H4Cl2/c1-5-9-13(26)7(2)11(21-24-18)16(28-9)30-14-8(3)12(22-25-19)15(27-4)29-10(14)6-20-23-17;1-4-13-10(2)11(3)14(17-18-16)15(19-13)20-12-8-6-5-7-9-12;1-2(3)4/h7-16,26H,5-6H2,1-4H3;5-11,13-15H,4H2,1-3H3;2H,1H3/t7?,8?,9?,10?,11-,12-,13-,14-,15-,16+;10-,11?,13?,14-,15-;/m00./s1. The van der Waals surface area contributed by atoms with Crippen LogP contribution in [-0.2, 0) is 23.7 Å². The summed E-state index contributed by atoms with van der Waals surface area (Å²) >= 11 is 11.7. The second-order valence-electron chi connectivity index (χ2n) is 13.2. The first kappa shape index (κ1) is 47.3. The lowest BCUT2D eigenvalue weighted by molar-refractivity contribution is -0.307. The minimum atomic E-state index is -0.973. The Hall–Kier alpha value is -2.85. The second kappa shape index (κ2) is 24.6. The smallest absolute Gasteiger partial charge is 0.167 e. The molecule has 300 valence electrons. The number of rotatable bonds is 12. The molecule has 0 amide bonds. The summed E-state index contributed by atoms with van der Waals surface area (Å²) in [5, 5.41) is 25.6. The minimum Gasteiger partial charge on any atom is -0.390 e. The molecule has 0 aliphatic carbocycles. The predicted octanol–water partition coefficient (Wildman–Crippen LogP) is 9.85. The molecule has 0 radical (unpaired) electrons. The highest BCUT2D eigenvalue weighted by Crippen LogP contribution is 2.41. The molecule has 18 nitrogen and oxygen atoms in total. The van der Waals surface area contributed by atoms with Crippen molar-refractivity contribution in [3.63, 3.8) is 0 Å². The highest BCUT2D eigenvalue weighted by molar-refractivity contribution is 7.99. The van der Waals surface area contributed by atoms with Crippen molar-refractivity contribution >= 4 is 35.0 Å². The molecule has 1 aromatic rings. The van der Waals surface area contributed by atoms with Crippen molar-refractivity contribution in [2.24, 2.45) is 44.1 Å². The number of azide groups is 4. The fraction of sp³-hybridized carbons (Fsp3) is 0.818. The summed E-state index contributed by atoms with van der Waals surface area (Å²) in [5.74, 6) is -0.0929. The number of halogens is 2. The van der Waals surface area contributed by atoms with E-state index in [-0.39, 0.29) is 29.0 Å². The lowest BCUT2D eigenvalue weighted by Gasteiger charge is -2.47. The Balaban J connectivity index is 0.000000361. The van der Waals surface area contributed by atoms with E-state index in [1.807, 2.05) is 25.1 Å². The lowest BCUT2D eigenvalue weighted by Crippen LogP contribution is -2.59. The topological polar surface area (TPSA) is 261 Å². The van der Waals surface area contributed by atoms with Crippen LogP contribution in [0.2, 0.25) is 0 Å². The van der Waals surface area contributed by atoms with Crippen molar-refractivity contribution in [3.8, 4) is 0 Å². The molecule has 6 unspecified atom stereocenters. The predicted molar refractivity (Wildman–Crippen MR) is 207 cm³/mol. The fourth-order valence-electron chi connectivity index (χ4n) is 6.64. The van der Waals surface area contributed by atoms with E-state index in [1.165, 1.54) is 7.11 Å². The van der Waals surface area contributed by atoms with Gasteiger partial charge in [0.15, 0.2) is 12.6 Å². The summed E-state index contributed by atoms with van der Waals surface area (Å²) in [5.41, 5.74) is 35.4. The van der Waals surface area contributed by atoms with Gasteiger partial charge in [0.05, 0.1) is 55.2 Å². The van der Waals surface area contributed by atoms with Crippen LogP contribution in [0, 0.1) is 23.7 Å². The fourth-order valence-corrected chi connectivity index (χ4v) is 7.86. The Morgan fingerprint density at radius 2 is 1.30 bits per heavy atom. The molecule has 1 aromatic carbocycles. The number of nitrogens with zero attached hydrogens (tertiary/aromatic N) is 12. The normalized spacial score (nSPS) is 35.9. The Kier molecular flexibility index (Phi) is 21.6. The average Bonchev–Trinajstić information content (AvgIpc) is 3.15. The van der Waals surface area contributed by atoms with E-state index in [4.69, 9.17) is 69.0 Å². The quantitative estimate of drug-likeness (QED) is 0.0922. The van der Waals surface area contributed by atoms with Crippen LogP contribution in [0.15, 0.2) is 55.7 Å². The van der Waals surface area contributed by atoms with E-state index in [1.54, 1.807) is 32.5 Å². The molecule has 3 fully saturated rings. The number of ether oxygens (including phenoxy) is 5. The highest BCUT2D eigenvalue weighted by Gasteiger charge is 2.49. The van der Waals surface area contributed by atoms with Crippen molar-refractivity contribution in [2.45, 2.75) is 138 Å². The van der Waals surface area contributed by atoms with E-state index < -0.39 is 60.9 Å². The molecule has 21 heteroatoms. The number of hydrogen-bond acceptors (Lipinski definition) is 11. The molecule has 3 saturated heterocycles. The third kappa shape index (κ3) is 13.4. The monoisotopic (exact) mass is 814 g/mol. The van der Waals surface area contributed by atoms with Gasteiger partial charge in [0, 0.05) is 31.7 Å². The Bertz CT molecular complexity index is 1460. The number of hydrogen-bond donors (Lipinski definition) is 1. The number of aliphatic hydroxyl groups is 1. The zero-order valence-electron chi connectivity index (χ0n) is 31.8. The number of benzene rings is 1. The molecular weight excluding hydrogens is 763 g/mol. The van der Waals surface area contributed by atoms with Crippen molar-refractivity contribution < 1.29 is 28.8 Å². The molecule has 15 atom stereocenters. The lowest BCUT2D eigenvalue weighted by atomic mass is 9.82. The molecular formula is C33H52Cl2N12O6S. The van der Waals surface area contributed by atoms with Crippen LogP contribution in [0.25, 0.3) is 41.8 Å². The van der Waals surface area contributed by atoms with Gasteiger partial charge in [-0.15, -0.1) is 23.2 Å². The van der Waals surface area contributed by atoms with Gasteiger partial charge >= 0.3 is 0 Å². The molecule has 0 aromatic heterocycles. The Labute approximate surface area is 330 Å². The molecule has 3 heterocycles. The maximum absolute atomic E-state index is 10.4. The SMILES string of the molecule is CC(Cl)Cl.CCC1O[C@@H](Sc2ccccc2)[C@@H](N=[N+]=[N-])C(C)[C@@H]1C.CCC1O[C@H](O[C@@H]2C(CN=[N+]=[N-])O[C@H](OC)[C@@H](N=[N+]=[N-])C2C)[C@@H](N=[N+]=[N-])C(C)[C@@H]1O. The van der Waals surface area contributed by atoms with E-state index in [0.29, 0.717) is 18.3 Å². The zero-order chi connectivity index (χ0) is 40.4. The molecule has 3 aliphatic heterocycles. The highest BCUT2D eigenvalue weighted by atomic mass is 35.5. The van der Waals surface area contributed by atoms with Gasteiger partial charge in [-0.25, -0.2) is 0 Å². The van der Waals surface area contributed by atoms with Crippen LogP contribution in [0.3, 0.4) is 0 Å². The minimum absolute atomic E-state index is 0.0529. The van der Waals surface area contributed by atoms with E-state index in [0.717, 1.165) is 11.3 Å². The number of thioether (sulfide) groups is 1. The van der Waals surface area contributed by atoms with Gasteiger partial charge in [0.25, 0.3) is 0 Å². The van der Waals surface area contributed by atoms with E-state index in [9.17, 15) is 5.11 Å². The van der Waals surface area contributed by atoms with Crippen LogP contribution in [0.4, 0.5) is 0 Å². The summed E-state index contributed by atoms with van der Waals surface area (Å²) in [7, 11) is 1.42. The zero-order valence-corrected chi connectivity index (χ0v) is 34.1. The summed E-state index contributed by atoms with van der Waals surface area (Å²) in [6, 6.07) is 8.51. The second-order valence-corrected chi connectivity index (χ2v) is 15.9. The first-order valence-corrected chi connectivity index (χ1v) is 19.5. The van der Waals surface area contributed by atoms with Gasteiger partial charge in [0.2, 0.25) is 0 Å². The Morgan fingerprint density at radius 3 is 1.81 bits per heavy atom. The maximum Gasteiger partial charge on any atom is 0.167 e. The molecule has 4 rings (SSSR count). The van der Waals surface area contributed by atoms with Crippen molar-refractivity contribution in [3.05, 3.63) is 72.1 Å². The first-order chi connectivity index (χ1) is 25.8. The molecule has 0 spiro atoms. The van der Waals surface area contributed by atoms with Gasteiger partial charge < -0.3 is 28.8 Å². The van der Waals surface area contributed by atoms with Gasteiger partial charge in [-0.1, -0.05) is 92.0 Å². The summed E-state index contributed by atoms with van der Waals surface area (Å²) in [4.78, 5) is 12.4. The van der Waals surface area contributed by atoms with Crippen LogP contribution < -0.4 is 0 Å². The average molecular weight is 816 g/mol. The van der Waals surface area contributed by atoms with Crippen LogP contribution in [-0.4, -0.2) is 90.3 Å². The number of alkyl halides is 2. The summed E-state index contributed by atoms with van der Waals surface area (Å²) in [6.45, 7) is 13.5. The maximum atomic E-state index is 10.4. The third-order valence-electron chi connectivity index (χ3n) is 9.80. The molecule has 0 bridgehead atoms. The van der Waals surface area contributed by atoms with Crippen molar-refractivity contribution in [1.29, 1.82) is 0 Å². The van der Waals surface area contributed by atoms with Gasteiger partial charge in [-0.2, -0.15) is 0 Å². The summed E-state index contributed by atoms with van der Waals surface area (Å²) in [6.07, 6.45) is -2.85. The van der Waals surface area contributed by atoms with Gasteiger partial charge in [-0.05, 0) is 77.7 Å². The van der Waals surface area contributed by atoms with Crippen LogP contribution in [0.1, 0.15) is 61.3 Å². The van der Waals surface area contributed by atoms with E-state index >= 15 is 0 Å². The summed E-state index contributed by atoms with van der Waals surface area (Å²) < 4.78 is 29.4. The van der Waals surface area contributed by atoms with Crippen molar-refractivity contribution in [2.75, 3.05) is 13.7 Å². The first-order valence-electron chi connectivity index (χ1n) is 17.8. The molecule has 0 saturated carbocycles. The van der Waals surface area contributed by atoms with E-state index in [2.05, 4.69) is 73.0 Å². The molecule has 1 N–H and O–H groups in total. The number of methoxy groups -OCH3 is 1. The third-order valence-corrected chi connectivity index (χ3v) is 11.0. The van der Waals surface area contributed by atoms with Gasteiger partial charge in [-0.3, -0.25) is 0 Å². The Morgan fingerprint density at radius 1 is 0.759 bits per heavy atom. The van der Waals surface area contributed by atoms with Crippen LogP contribution in [0.5, 0.6) is 0 Å². The van der Waals surface area contributed by atoms with Crippen molar-refractivity contribution in [1.82, 2.24) is 0 Å². The molecule has 3 aliphatic rings. The molecule has 54 heavy (non-hydrogen) atoms. The van der Waals surface area contributed by atoms with Gasteiger partial charge in [0.1, 0.15) is 10.3 Å². The number of aliphatic hydroxyl groups excluding tert-OH is 1. The van der Waals surface area contributed by atoms with Crippen LogP contribution >= 0.6 is 35.0 Å². The largest absolute Gasteiger partial charge is 0.390 e.